The molecular formula is C18H15F2NO5. The number of ether oxygens (including phenoxy) is 2. The molecule has 0 aliphatic heterocycles. The molecule has 8 heteroatoms. The Morgan fingerprint density at radius 1 is 1.04 bits per heavy atom. The van der Waals surface area contributed by atoms with Gasteiger partial charge < -0.3 is 14.8 Å². The fraction of sp³-hybridized carbons (Fsp3) is 0.167. The normalized spacial score (nSPS) is 10.1. The number of amides is 1. The molecule has 0 heterocycles. The summed E-state index contributed by atoms with van der Waals surface area (Å²) in [6.45, 7) is -1.13. The van der Waals surface area contributed by atoms with Crippen LogP contribution in [0, 0.1) is 11.6 Å². The quantitative estimate of drug-likeness (QED) is 0.602. The summed E-state index contributed by atoms with van der Waals surface area (Å²) in [6, 6.07) is 9.04. The topological polar surface area (TPSA) is 81.7 Å². The zero-order chi connectivity index (χ0) is 19.1. The van der Waals surface area contributed by atoms with Gasteiger partial charge in [0.1, 0.15) is 12.3 Å². The largest absolute Gasteiger partial charge is 0.496 e. The van der Waals surface area contributed by atoms with Crippen LogP contribution in [0.2, 0.25) is 0 Å². The zero-order valence-corrected chi connectivity index (χ0v) is 13.8. The molecule has 2 rings (SSSR count). The summed E-state index contributed by atoms with van der Waals surface area (Å²) < 4.78 is 35.7. The molecule has 0 saturated heterocycles. The van der Waals surface area contributed by atoms with Gasteiger partial charge in [-0.1, -0.05) is 12.1 Å². The molecule has 1 amide bonds. The molecule has 0 aliphatic carbocycles. The van der Waals surface area contributed by atoms with E-state index in [2.05, 4.69) is 5.32 Å². The summed E-state index contributed by atoms with van der Waals surface area (Å²) >= 11 is 0. The predicted octanol–water partition coefficient (Wildman–Crippen LogP) is 2.13. The van der Waals surface area contributed by atoms with Crippen molar-refractivity contribution in [1.29, 1.82) is 0 Å². The first kappa shape index (κ1) is 19.0. The van der Waals surface area contributed by atoms with Crippen LogP contribution in [0.15, 0.2) is 42.5 Å². The molecule has 2 aromatic carbocycles. The van der Waals surface area contributed by atoms with Crippen LogP contribution in [0.3, 0.4) is 0 Å². The highest BCUT2D eigenvalue weighted by Gasteiger charge is 2.15. The van der Waals surface area contributed by atoms with Crippen molar-refractivity contribution in [2.45, 2.75) is 0 Å². The fourth-order valence-electron chi connectivity index (χ4n) is 2.03. The Kier molecular flexibility index (Phi) is 6.37. The second kappa shape index (κ2) is 8.70. The molecular weight excluding hydrogens is 348 g/mol. The molecule has 0 radical (unpaired) electrons. The van der Waals surface area contributed by atoms with Gasteiger partial charge in [-0.2, -0.15) is 0 Å². The lowest BCUT2D eigenvalue weighted by molar-refractivity contribution is -0.141. The standard InChI is InChI=1S/C18H15F2NO5/c1-25-16-5-3-2-4-12(16)18(24)21-9-17(23)26-10-15(22)11-6-7-13(19)14(20)8-11/h2-8H,9-10H2,1H3,(H,21,24). The molecule has 1 N–H and O–H groups in total. The molecule has 0 atom stereocenters. The monoisotopic (exact) mass is 363 g/mol. The average Bonchev–Trinajstić information content (AvgIpc) is 2.66. The number of hydrogen-bond acceptors (Lipinski definition) is 5. The Labute approximate surface area is 147 Å². The van der Waals surface area contributed by atoms with Gasteiger partial charge in [0.25, 0.3) is 5.91 Å². The maximum absolute atomic E-state index is 13.1. The van der Waals surface area contributed by atoms with Gasteiger partial charge in [0.15, 0.2) is 24.0 Å². The molecule has 0 aliphatic rings. The number of benzene rings is 2. The molecule has 0 bridgehead atoms. The first-order chi connectivity index (χ1) is 12.4. The van der Waals surface area contributed by atoms with E-state index in [4.69, 9.17) is 9.47 Å². The summed E-state index contributed by atoms with van der Waals surface area (Å²) in [4.78, 5) is 35.4. The second-order valence-corrected chi connectivity index (χ2v) is 5.10. The Balaban J connectivity index is 1.84. The molecule has 0 aromatic heterocycles. The highest BCUT2D eigenvalue weighted by molar-refractivity contribution is 5.99. The van der Waals surface area contributed by atoms with Crippen LogP contribution in [-0.2, 0) is 9.53 Å². The van der Waals surface area contributed by atoms with Crippen LogP contribution in [0.1, 0.15) is 20.7 Å². The van der Waals surface area contributed by atoms with E-state index in [1.165, 1.54) is 13.2 Å². The molecule has 6 nitrogen and oxygen atoms in total. The van der Waals surface area contributed by atoms with Crippen molar-refractivity contribution in [2.75, 3.05) is 20.3 Å². The smallest absolute Gasteiger partial charge is 0.325 e. The van der Waals surface area contributed by atoms with E-state index < -0.39 is 42.4 Å². The van der Waals surface area contributed by atoms with Gasteiger partial charge in [-0.25, -0.2) is 8.78 Å². The Hall–Kier alpha value is -3.29. The van der Waals surface area contributed by atoms with E-state index in [0.717, 1.165) is 18.2 Å². The molecule has 2 aromatic rings. The molecule has 136 valence electrons. The molecule has 0 fully saturated rings. The number of carbonyl (C=O) groups is 3. The fourth-order valence-corrected chi connectivity index (χ4v) is 2.03. The third-order valence-corrected chi connectivity index (χ3v) is 3.35. The van der Waals surface area contributed by atoms with Gasteiger partial charge in [0.2, 0.25) is 0 Å². The third kappa shape index (κ3) is 4.85. The number of nitrogens with one attached hydrogen (secondary N) is 1. The Morgan fingerprint density at radius 3 is 2.46 bits per heavy atom. The SMILES string of the molecule is COc1ccccc1C(=O)NCC(=O)OCC(=O)c1ccc(F)c(F)c1. The van der Waals surface area contributed by atoms with Crippen LogP contribution < -0.4 is 10.1 Å². The number of carbonyl (C=O) groups excluding carboxylic acids is 3. The average molecular weight is 363 g/mol. The van der Waals surface area contributed by atoms with Crippen molar-refractivity contribution in [3.8, 4) is 5.75 Å². The minimum absolute atomic E-state index is 0.130. The summed E-state index contributed by atoms with van der Waals surface area (Å²) in [5.74, 6) is -4.03. The number of esters is 1. The summed E-state index contributed by atoms with van der Waals surface area (Å²) in [7, 11) is 1.41. The first-order valence-electron chi connectivity index (χ1n) is 7.47. The number of para-hydroxylation sites is 1. The number of hydrogen-bond donors (Lipinski definition) is 1. The highest BCUT2D eigenvalue weighted by atomic mass is 19.2. The van der Waals surface area contributed by atoms with Crippen LogP contribution in [0.25, 0.3) is 0 Å². The Bertz CT molecular complexity index is 838. The van der Waals surface area contributed by atoms with Crippen molar-refractivity contribution < 1.29 is 32.6 Å². The Morgan fingerprint density at radius 2 is 1.77 bits per heavy atom. The number of Topliss-reactive ketones (excluding diaryl/α,β-unsaturated/α-hetero) is 1. The van der Waals surface area contributed by atoms with Crippen LogP contribution >= 0.6 is 0 Å². The first-order valence-corrected chi connectivity index (χ1v) is 7.47. The molecule has 26 heavy (non-hydrogen) atoms. The highest BCUT2D eigenvalue weighted by Crippen LogP contribution is 2.16. The molecule has 0 spiro atoms. The van der Waals surface area contributed by atoms with Gasteiger partial charge in [-0.3, -0.25) is 14.4 Å². The van der Waals surface area contributed by atoms with Crippen molar-refractivity contribution in [3.05, 3.63) is 65.2 Å². The number of halogens is 2. The second-order valence-electron chi connectivity index (χ2n) is 5.10. The number of rotatable bonds is 7. The van der Waals surface area contributed by atoms with Gasteiger partial charge in [-0.15, -0.1) is 0 Å². The minimum atomic E-state index is -1.17. The van der Waals surface area contributed by atoms with Gasteiger partial charge >= 0.3 is 5.97 Å². The maximum atomic E-state index is 13.1. The van der Waals surface area contributed by atoms with E-state index >= 15 is 0 Å². The lowest BCUT2D eigenvalue weighted by atomic mass is 10.1. The third-order valence-electron chi connectivity index (χ3n) is 3.35. The van der Waals surface area contributed by atoms with Crippen LogP contribution in [-0.4, -0.2) is 37.9 Å². The summed E-state index contributed by atoms with van der Waals surface area (Å²) in [5.41, 5.74) is 0.107. The van der Waals surface area contributed by atoms with Crippen molar-refractivity contribution in [3.63, 3.8) is 0 Å². The lowest BCUT2D eigenvalue weighted by Crippen LogP contribution is -2.31. The van der Waals surface area contributed by atoms with Gasteiger partial charge in [-0.05, 0) is 30.3 Å². The zero-order valence-electron chi connectivity index (χ0n) is 13.8. The number of methoxy groups -OCH3 is 1. The van der Waals surface area contributed by atoms with Crippen molar-refractivity contribution in [2.24, 2.45) is 0 Å². The van der Waals surface area contributed by atoms with E-state index in [1.807, 2.05) is 0 Å². The predicted molar refractivity (Wildman–Crippen MR) is 87.0 cm³/mol. The number of ketones is 1. The van der Waals surface area contributed by atoms with E-state index in [-0.39, 0.29) is 11.1 Å². The summed E-state index contributed by atoms with van der Waals surface area (Å²) in [5, 5.41) is 2.34. The van der Waals surface area contributed by atoms with E-state index in [0.29, 0.717) is 5.75 Å². The molecule has 0 unspecified atom stereocenters. The maximum Gasteiger partial charge on any atom is 0.325 e. The van der Waals surface area contributed by atoms with Gasteiger partial charge in [0.05, 0.1) is 12.7 Å². The van der Waals surface area contributed by atoms with Crippen molar-refractivity contribution >= 4 is 17.7 Å². The van der Waals surface area contributed by atoms with E-state index in [9.17, 15) is 23.2 Å². The van der Waals surface area contributed by atoms with Crippen LogP contribution in [0.5, 0.6) is 5.75 Å². The van der Waals surface area contributed by atoms with Crippen molar-refractivity contribution in [1.82, 2.24) is 5.32 Å². The lowest BCUT2D eigenvalue weighted by Gasteiger charge is -2.09. The van der Waals surface area contributed by atoms with Gasteiger partial charge in [0, 0.05) is 5.56 Å². The van der Waals surface area contributed by atoms with E-state index in [1.54, 1.807) is 18.2 Å². The summed E-state index contributed by atoms with van der Waals surface area (Å²) in [6.07, 6.45) is 0. The molecule has 0 saturated carbocycles. The minimum Gasteiger partial charge on any atom is -0.496 e. The van der Waals surface area contributed by atoms with Crippen LogP contribution in [0.4, 0.5) is 8.78 Å².